The summed E-state index contributed by atoms with van der Waals surface area (Å²) in [7, 11) is -6.26. The van der Waals surface area contributed by atoms with E-state index in [1.807, 2.05) is 0 Å². The molecule has 0 radical (unpaired) electrons. The van der Waals surface area contributed by atoms with Gasteiger partial charge in [-0.15, -0.1) is 0 Å². The lowest BCUT2D eigenvalue weighted by molar-refractivity contribution is -0.0201. The molecule has 2 rings (SSSR count). The monoisotopic (exact) mass is 396 g/mol. The minimum absolute atomic E-state index is 0.0684. The van der Waals surface area contributed by atoms with Crippen LogP contribution in [0.3, 0.4) is 0 Å². The van der Waals surface area contributed by atoms with Gasteiger partial charge in [-0.3, -0.25) is 4.72 Å². The molecule has 10 heteroatoms. The predicted molar refractivity (Wildman–Crippen MR) is 93.1 cm³/mol. The number of sulfonamides is 2. The van der Waals surface area contributed by atoms with Gasteiger partial charge in [-0.2, -0.15) is 0 Å². The largest absolute Gasteiger partial charge is 0.377 e. The van der Waals surface area contributed by atoms with E-state index in [2.05, 4.69) is 4.72 Å². The molecular weight excluding hydrogens is 376 g/mol. The average Bonchev–Trinajstić information content (AvgIpc) is 2.48. The van der Waals surface area contributed by atoms with Crippen molar-refractivity contribution >= 4 is 37.3 Å². The van der Waals surface area contributed by atoms with Crippen molar-refractivity contribution in [3.8, 4) is 0 Å². The molecule has 0 unspecified atom stereocenters. The Morgan fingerprint density at radius 2 is 1.83 bits per heavy atom. The summed E-state index contributed by atoms with van der Waals surface area (Å²) >= 11 is 5.80. The number of hydrogen-bond donors (Lipinski definition) is 2. The third kappa shape index (κ3) is 4.82. The molecule has 3 N–H and O–H groups in total. The molecule has 1 aromatic carbocycles. The summed E-state index contributed by atoms with van der Waals surface area (Å²) in [5, 5.41) is 5.00. The first-order chi connectivity index (χ1) is 11.1. The maximum Gasteiger partial charge on any atom is 0.239 e. The molecular formula is C14H21ClN2O5S2. The SMILES string of the molecule is COC1(CS(=O)(=O)Nc2ccc(Cl)c(S(N)(=O)=O)c2)CCCCC1. The quantitative estimate of drug-likeness (QED) is 0.763. The molecule has 1 aromatic rings. The van der Waals surface area contributed by atoms with Crippen molar-refractivity contribution in [2.45, 2.75) is 42.6 Å². The molecule has 0 saturated heterocycles. The van der Waals surface area contributed by atoms with E-state index in [-0.39, 0.29) is 21.4 Å². The smallest absolute Gasteiger partial charge is 0.239 e. The van der Waals surface area contributed by atoms with Gasteiger partial charge >= 0.3 is 0 Å². The number of halogens is 1. The van der Waals surface area contributed by atoms with Gasteiger partial charge in [0.1, 0.15) is 4.90 Å². The fraction of sp³-hybridized carbons (Fsp3) is 0.571. The number of nitrogens with two attached hydrogens (primary N) is 1. The number of hydrogen-bond acceptors (Lipinski definition) is 5. The van der Waals surface area contributed by atoms with Crippen LogP contribution in [-0.4, -0.2) is 35.3 Å². The normalized spacial score (nSPS) is 18.3. The second-order valence-corrected chi connectivity index (χ2v) is 9.66. The van der Waals surface area contributed by atoms with E-state index in [1.165, 1.54) is 19.2 Å². The summed E-state index contributed by atoms with van der Waals surface area (Å²) < 4.78 is 55.8. The van der Waals surface area contributed by atoms with Crippen LogP contribution in [0.1, 0.15) is 32.1 Å². The number of methoxy groups -OCH3 is 1. The van der Waals surface area contributed by atoms with Crippen LogP contribution < -0.4 is 9.86 Å². The number of benzene rings is 1. The van der Waals surface area contributed by atoms with Crippen LogP contribution in [0.2, 0.25) is 5.02 Å². The Kier molecular flexibility index (Phi) is 5.81. The zero-order valence-corrected chi connectivity index (χ0v) is 15.7. The van der Waals surface area contributed by atoms with E-state index in [1.54, 1.807) is 0 Å². The number of anilines is 1. The van der Waals surface area contributed by atoms with Gasteiger partial charge in [-0.05, 0) is 31.0 Å². The van der Waals surface area contributed by atoms with E-state index in [0.29, 0.717) is 12.8 Å². The van der Waals surface area contributed by atoms with Crippen LogP contribution in [0, 0.1) is 0 Å². The molecule has 1 fully saturated rings. The lowest BCUT2D eigenvalue weighted by Gasteiger charge is -2.35. The minimum atomic E-state index is -4.05. The predicted octanol–water partition coefficient (Wildman–Crippen LogP) is 2.08. The van der Waals surface area contributed by atoms with Crippen molar-refractivity contribution in [2.24, 2.45) is 5.14 Å². The number of ether oxygens (including phenoxy) is 1. The minimum Gasteiger partial charge on any atom is -0.377 e. The lowest BCUT2D eigenvalue weighted by Crippen LogP contribution is -2.42. The third-order valence-corrected chi connectivity index (χ3v) is 7.01. The Hall–Kier alpha value is -0.870. The zero-order valence-electron chi connectivity index (χ0n) is 13.3. The molecule has 1 saturated carbocycles. The van der Waals surface area contributed by atoms with Gasteiger partial charge in [0.2, 0.25) is 20.0 Å². The lowest BCUT2D eigenvalue weighted by atomic mass is 9.86. The molecule has 136 valence electrons. The number of rotatable bonds is 6. The average molecular weight is 397 g/mol. The molecule has 0 spiro atoms. The van der Waals surface area contributed by atoms with E-state index < -0.39 is 25.6 Å². The van der Waals surface area contributed by atoms with E-state index in [0.717, 1.165) is 25.3 Å². The molecule has 7 nitrogen and oxygen atoms in total. The molecule has 0 aromatic heterocycles. The van der Waals surface area contributed by atoms with Crippen LogP contribution in [-0.2, 0) is 24.8 Å². The molecule has 0 aliphatic heterocycles. The summed E-state index contributed by atoms with van der Waals surface area (Å²) in [5.41, 5.74) is -0.621. The molecule has 0 amide bonds. The van der Waals surface area contributed by atoms with Gasteiger partial charge < -0.3 is 4.74 Å². The maximum atomic E-state index is 12.5. The summed E-state index contributed by atoms with van der Waals surface area (Å²) in [6.45, 7) is 0. The molecule has 0 atom stereocenters. The molecule has 1 aliphatic rings. The highest BCUT2D eigenvalue weighted by atomic mass is 35.5. The van der Waals surface area contributed by atoms with E-state index in [9.17, 15) is 16.8 Å². The Bertz CT molecular complexity index is 802. The summed E-state index contributed by atoms with van der Waals surface area (Å²) in [6, 6.07) is 3.77. The Labute approximate surface area is 147 Å². The van der Waals surface area contributed by atoms with Gasteiger partial charge in [0.15, 0.2) is 0 Å². The second-order valence-electron chi connectivity index (χ2n) is 6.00. The molecule has 24 heavy (non-hydrogen) atoms. The topological polar surface area (TPSA) is 116 Å². The highest BCUT2D eigenvalue weighted by molar-refractivity contribution is 7.92. The summed E-state index contributed by atoms with van der Waals surface area (Å²) in [5.74, 6) is -0.191. The van der Waals surface area contributed by atoms with E-state index in [4.69, 9.17) is 21.5 Å². The van der Waals surface area contributed by atoms with Crippen molar-refractivity contribution in [3.63, 3.8) is 0 Å². The second kappa shape index (κ2) is 7.17. The fourth-order valence-electron chi connectivity index (χ4n) is 2.95. The van der Waals surface area contributed by atoms with Crippen molar-refractivity contribution in [1.82, 2.24) is 0 Å². The zero-order chi connectivity index (χ0) is 18.0. The summed E-state index contributed by atoms with van der Waals surface area (Å²) in [4.78, 5) is -0.330. The van der Waals surface area contributed by atoms with E-state index >= 15 is 0 Å². The van der Waals surface area contributed by atoms with Gasteiger partial charge in [-0.1, -0.05) is 30.9 Å². The van der Waals surface area contributed by atoms with Crippen LogP contribution >= 0.6 is 11.6 Å². The van der Waals surface area contributed by atoms with Crippen molar-refractivity contribution in [3.05, 3.63) is 23.2 Å². The van der Waals surface area contributed by atoms with Gasteiger partial charge in [-0.25, -0.2) is 22.0 Å². The van der Waals surface area contributed by atoms with Crippen LogP contribution in [0.25, 0.3) is 0 Å². The fourth-order valence-corrected chi connectivity index (χ4v) is 5.68. The molecule has 0 heterocycles. The van der Waals surface area contributed by atoms with Crippen molar-refractivity contribution in [2.75, 3.05) is 17.6 Å². The highest BCUT2D eigenvalue weighted by Gasteiger charge is 2.37. The first-order valence-corrected chi connectivity index (χ1v) is 11.0. The van der Waals surface area contributed by atoms with Gasteiger partial charge in [0.25, 0.3) is 0 Å². The van der Waals surface area contributed by atoms with Gasteiger partial charge in [0, 0.05) is 12.8 Å². The first kappa shape index (κ1) is 19.5. The van der Waals surface area contributed by atoms with Gasteiger partial charge in [0.05, 0.1) is 16.4 Å². The number of nitrogens with one attached hydrogen (secondary N) is 1. The maximum absolute atomic E-state index is 12.5. The Morgan fingerprint density at radius 3 is 2.38 bits per heavy atom. The highest BCUT2D eigenvalue weighted by Crippen LogP contribution is 2.33. The molecule has 0 bridgehead atoms. The standard InChI is InChI=1S/C14H21ClN2O5S2/c1-22-14(7-3-2-4-8-14)10-23(18,19)17-11-5-6-12(15)13(9-11)24(16,20)21/h5-6,9,17H,2-4,7-8,10H2,1H3,(H2,16,20,21). The molecule has 1 aliphatic carbocycles. The van der Waals surface area contributed by atoms with Crippen LogP contribution in [0.15, 0.2) is 23.1 Å². The first-order valence-electron chi connectivity index (χ1n) is 7.45. The third-order valence-electron chi connectivity index (χ3n) is 4.16. The van der Waals surface area contributed by atoms with Crippen molar-refractivity contribution in [1.29, 1.82) is 0 Å². The number of primary sulfonamides is 1. The summed E-state index contributed by atoms with van der Waals surface area (Å²) in [6.07, 6.45) is 4.24. The van der Waals surface area contributed by atoms with Crippen LogP contribution in [0.4, 0.5) is 5.69 Å². The van der Waals surface area contributed by atoms with Crippen LogP contribution in [0.5, 0.6) is 0 Å². The Morgan fingerprint density at radius 1 is 1.21 bits per heavy atom. The Balaban J connectivity index is 2.23. The van der Waals surface area contributed by atoms with Crippen molar-refractivity contribution < 1.29 is 21.6 Å².